The lowest BCUT2D eigenvalue weighted by molar-refractivity contribution is -0.0487. The second-order valence-corrected chi connectivity index (χ2v) is 6.20. The Labute approximate surface area is 104 Å². The van der Waals surface area contributed by atoms with Gasteiger partial charge in [0.15, 0.2) is 0 Å². The Morgan fingerprint density at radius 2 is 2.18 bits per heavy atom. The zero-order valence-corrected chi connectivity index (χ0v) is 11.1. The number of rotatable bonds is 5. The maximum Gasteiger partial charge on any atom is 0.0898 e. The first-order chi connectivity index (χ1) is 7.94. The first-order valence-electron chi connectivity index (χ1n) is 6.65. The summed E-state index contributed by atoms with van der Waals surface area (Å²) in [4.78, 5) is 0. The third-order valence-electron chi connectivity index (χ3n) is 3.43. The Morgan fingerprint density at radius 1 is 1.41 bits per heavy atom. The molecular formula is C13H25NO3. The molecular weight excluding hydrogens is 218 g/mol. The van der Waals surface area contributed by atoms with Gasteiger partial charge >= 0.3 is 0 Å². The van der Waals surface area contributed by atoms with Gasteiger partial charge in [0.2, 0.25) is 0 Å². The molecule has 2 saturated heterocycles. The van der Waals surface area contributed by atoms with Crippen LogP contribution < -0.4 is 5.32 Å². The average molecular weight is 243 g/mol. The van der Waals surface area contributed by atoms with E-state index < -0.39 is 6.10 Å². The van der Waals surface area contributed by atoms with Crippen LogP contribution in [0.15, 0.2) is 0 Å². The summed E-state index contributed by atoms with van der Waals surface area (Å²) in [7, 11) is 0. The van der Waals surface area contributed by atoms with Gasteiger partial charge in [0.25, 0.3) is 0 Å². The van der Waals surface area contributed by atoms with Crippen LogP contribution in [0.3, 0.4) is 0 Å². The van der Waals surface area contributed by atoms with Crippen LogP contribution in [0.4, 0.5) is 0 Å². The summed E-state index contributed by atoms with van der Waals surface area (Å²) in [5.41, 5.74) is -0.184. The van der Waals surface area contributed by atoms with E-state index >= 15 is 0 Å². The van der Waals surface area contributed by atoms with Crippen molar-refractivity contribution in [3.63, 3.8) is 0 Å². The molecule has 2 N–H and O–H groups in total. The minimum absolute atomic E-state index is 0.184. The highest BCUT2D eigenvalue weighted by Crippen LogP contribution is 2.34. The third kappa shape index (κ3) is 3.91. The van der Waals surface area contributed by atoms with Crippen molar-refractivity contribution in [3.8, 4) is 0 Å². The lowest BCUT2D eigenvalue weighted by atomic mass is 9.95. The molecule has 17 heavy (non-hydrogen) atoms. The van der Waals surface area contributed by atoms with E-state index in [1.807, 2.05) is 20.8 Å². The van der Waals surface area contributed by atoms with Crippen molar-refractivity contribution >= 4 is 0 Å². The van der Waals surface area contributed by atoms with Crippen LogP contribution in [0, 0.1) is 0 Å². The smallest absolute Gasteiger partial charge is 0.0898 e. The van der Waals surface area contributed by atoms with Crippen LogP contribution >= 0.6 is 0 Å². The third-order valence-corrected chi connectivity index (χ3v) is 3.43. The number of hydrogen-bond donors (Lipinski definition) is 2. The highest BCUT2D eigenvalue weighted by molar-refractivity contribution is 4.94. The largest absolute Gasteiger partial charge is 0.389 e. The molecule has 100 valence electrons. The molecule has 2 rings (SSSR count). The monoisotopic (exact) mass is 243 g/mol. The van der Waals surface area contributed by atoms with Gasteiger partial charge in [-0.3, -0.25) is 0 Å². The van der Waals surface area contributed by atoms with Gasteiger partial charge in [0.1, 0.15) is 0 Å². The second-order valence-electron chi connectivity index (χ2n) is 6.20. The lowest BCUT2D eigenvalue weighted by Gasteiger charge is -2.24. The fraction of sp³-hybridized carbons (Fsp3) is 1.00. The molecule has 0 amide bonds. The molecule has 2 aliphatic heterocycles. The Morgan fingerprint density at radius 3 is 2.71 bits per heavy atom. The van der Waals surface area contributed by atoms with E-state index in [1.165, 1.54) is 6.42 Å². The molecule has 0 aromatic heterocycles. The topological polar surface area (TPSA) is 50.7 Å². The van der Waals surface area contributed by atoms with E-state index in [-0.39, 0.29) is 5.60 Å². The van der Waals surface area contributed by atoms with Gasteiger partial charge in [0.05, 0.1) is 30.5 Å². The predicted molar refractivity (Wildman–Crippen MR) is 66.0 cm³/mol. The first-order valence-corrected chi connectivity index (χ1v) is 6.65. The van der Waals surface area contributed by atoms with E-state index in [2.05, 4.69) is 5.32 Å². The van der Waals surface area contributed by atoms with E-state index in [0.717, 1.165) is 12.8 Å². The van der Waals surface area contributed by atoms with Crippen molar-refractivity contribution in [2.24, 2.45) is 0 Å². The molecule has 4 heteroatoms. The van der Waals surface area contributed by atoms with Gasteiger partial charge in [-0.25, -0.2) is 0 Å². The van der Waals surface area contributed by atoms with Crippen LogP contribution in [0.2, 0.25) is 0 Å². The number of fused-ring (bicyclic) bond motifs is 2. The molecule has 0 spiro atoms. The number of hydrogen-bond acceptors (Lipinski definition) is 4. The molecule has 2 bridgehead atoms. The highest BCUT2D eigenvalue weighted by Gasteiger charge is 2.40. The van der Waals surface area contributed by atoms with Crippen molar-refractivity contribution < 1.29 is 14.6 Å². The van der Waals surface area contributed by atoms with E-state index in [0.29, 0.717) is 31.4 Å². The van der Waals surface area contributed by atoms with Gasteiger partial charge < -0.3 is 19.9 Å². The van der Waals surface area contributed by atoms with Crippen molar-refractivity contribution in [1.82, 2.24) is 5.32 Å². The van der Waals surface area contributed by atoms with E-state index in [4.69, 9.17) is 9.47 Å². The number of aliphatic hydroxyl groups excluding tert-OH is 1. The van der Waals surface area contributed by atoms with Crippen LogP contribution in [-0.4, -0.2) is 48.2 Å². The summed E-state index contributed by atoms with van der Waals surface area (Å²) in [6.45, 7) is 6.97. The highest BCUT2D eigenvalue weighted by atomic mass is 16.5. The molecule has 0 aromatic rings. The summed E-state index contributed by atoms with van der Waals surface area (Å²) >= 11 is 0. The van der Waals surface area contributed by atoms with Gasteiger partial charge in [-0.2, -0.15) is 0 Å². The maximum absolute atomic E-state index is 9.81. The number of aliphatic hydroxyl groups is 1. The second kappa shape index (κ2) is 5.22. The molecule has 4 unspecified atom stereocenters. The fourth-order valence-electron chi connectivity index (χ4n) is 2.55. The standard InChI is InChI=1S/C13H25NO3/c1-13(2,3)16-8-9(15)7-14-11-6-10-4-5-12(11)17-10/h9-12,14-15H,4-8H2,1-3H3. The van der Waals surface area contributed by atoms with Crippen molar-refractivity contribution in [2.45, 2.75) is 70.0 Å². The summed E-state index contributed by atoms with van der Waals surface area (Å²) < 4.78 is 11.3. The molecule has 2 fully saturated rings. The molecule has 0 saturated carbocycles. The van der Waals surface area contributed by atoms with Crippen LogP contribution in [-0.2, 0) is 9.47 Å². The van der Waals surface area contributed by atoms with Crippen molar-refractivity contribution in [1.29, 1.82) is 0 Å². The van der Waals surface area contributed by atoms with Gasteiger partial charge in [-0.05, 0) is 40.0 Å². The number of ether oxygens (including phenoxy) is 2. The predicted octanol–water partition coefficient (Wildman–Crippen LogP) is 1.07. The van der Waals surface area contributed by atoms with Gasteiger partial charge in [-0.1, -0.05) is 0 Å². The summed E-state index contributed by atoms with van der Waals surface area (Å²) in [5.74, 6) is 0. The van der Waals surface area contributed by atoms with Gasteiger partial charge in [0, 0.05) is 12.6 Å². The maximum atomic E-state index is 9.81. The summed E-state index contributed by atoms with van der Waals surface area (Å²) in [6.07, 6.45) is 3.86. The Kier molecular flexibility index (Phi) is 4.08. The quantitative estimate of drug-likeness (QED) is 0.758. The average Bonchev–Trinajstić information content (AvgIpc) is 2.84. The van der Waals surface area contributed by atoms with Crippen molar-refractivity contribution in [2.75, 3.05) is 13.2 Å². The first kappa shape index (κ1) is 13.3. The molecule has 0 aliphatic carbocycles. The minimum Gasteiger partial charge on any atom is -0.389 e. The summed E-state index contributed by atoms with van der Waals surface area (Å²) in [5, 5.41) is 13.2. The van der Waals surface area contributed by atoms with Gasteiger partial charge in [-0.15, -0.1) is 0 Å². The molecule has 4 atom stereocenters. The summed E-state index contributed by atoms with van der Waals surface area (Å²) in [6, 6.07) is 0.429. The molecule has 2 heterocycles. The fourth-order valence-corrected chi connectivity index (χ4v) is 2.55. The molecule has 0 aromatic carbocycles. The molecule has 4 nitrogen and oxygen atoms in total. The molecule has 0 radical (unpaired) electrons. The van der Waals surface area contributed by atoms with E-state index in [9.17, 15) is 5.11 Å². The Hall–Kier alpha value is -0.160. The number of nitrogens with one attached hydrogen (secondary N) is 1. The normalized spacial score (nSPS) is 34.2. The Balaban J connectivity index is 1.62. The van der Waals surface area contributed by atoms with Crippen LogP contribution in [0.1, 0.15) is 40.0 Å². The lowest BCUT2D eigenvalue weighted by Crippen LogP contribution is -2.43. The molecule has 2 aliphatic rings. The Bertz CT molecular complexity index is 252. The SMILES string of the molecule is CC(C)(C)OCC(O)CNC1CC2CCC1O2. The van der Waals surface area contributed by atoms with Crippen molar-refractivity contribution in [3.05, 3.63) is 0 Å². The minimum atomic E-state index is -0.437. The van der Waals surface area contributed by atoms with E-state index in [1.54, 1.807) is 0 Å². The van der Waals surface area contributed by atoms with Crippen LogP contribution in [0.25, 0.3) is 0 Å². The zero-order chi connectivity index (χ0) is 12.5. The zero-order valence-electron chi connectivity index (χ0n) is 11.1. The van der Waals surface area contributed by atoms with Crippen LogP contribution in [0.5, 0.6) is 0 Å².